The lowest BCUT2D eigenvalue weighted by molar-refractivity contribution is 0.0690. The van der Waals surface area contributed by atoms with Crippen LogP contribution in [0.1, 0.15) is 36.7 Å². The second kappa shape index (κ2) is 5.12. The van der Waals surface area contributed by atoms with Gasteiger partial charge in [-0.05, 0) is 25.7 Å². The lowest BCUT2D eigenvalue weighted by Gasteiger charge is -2.32. The molecule has 1 fully saturated rings. The molecule has 5 nitrogen and oxygen atoms in total. The molecule has 0 aromatic carbocycles. The van der Waals surface area contributed by atoms with E-state index < -0.39 is 5.97 Å². The van der Waals surface area contributed by atoms with Gasteiger partial charge in [0, 0.05) is 13.1 Å². The molecule has 0 amide bonds. The Morgan fingerprint density at radius 1 is 1.53 bits per heavy atom. The highest BCUT2D eigenvalue weighted by Gasteiger charge is 2.21. The van der Waals surface area contributed by atoms with Gasteiger partial charge in [-0.25, -0.2) is 9.78 Å². The first-order valence-electron chi connectivity index (χ1n) is 6.01. The van der Waals surface area contributed by atoms with E-state index >= 15 is 0 Å². The van der Waals surface area contributed by atoms with Crippen molar-refractivity contribution in [2.45, 2.75) is 26.2 Å². The van der Waals surface area contributed by atoms with Gasteiger partial charge in [-0.2, -0.15) is 0 Å². The summed E-state index contributed by atoms with van der Waals surface area (Å²) < 4.78 is 0. The summed E-state index contributed by atoms with van der Waals surface area (Å²) in [5.41, 5.74) is 0.00885. The number of rotatable bonds is 5. The van der Waals surface area contributed by atoms with Crippen LogP contribution in [-0.4, -0.2) is 34.1 Å². The number of hydrogen-bond acceptors (Lipinski definition) is 4. The van der Waals surface area contributed by atoms with Crippen molar-refractivity contribution in [2.75, 3.05) is 18.0 Å². The van der Waals surface area contributed by atoms with Gasteiger partial charge in [0.2, 0.25) is 0 Å². The third-order valence-corrected chi connectivity index (χ3v) is 3.25. The van der Waals surface area contributed by atoms with Gasteiger partial charge < -0.3 is 10.0 Å². The molecule has 92 valence electrons. The van der Waals surface area contributed by atoms with Crippen molar-refractivity contribution in [3.05, 3.63) is 18.1 Å². The SMILES string of the molecule is CCN(CC1CCC1)c1cncc(C(=O)O)n1. The summed E-state index contributed by atoms with van der Waals surface area (Å²) in [5, 5.41) is 8.88. The van der Waals surface area contributed by atoms with Crippen LogP contribution in [0, 0.1) is 5.92 Å². The van der Waals surface area contributed by atoms with E-state index in [1.807, 2.05) is 6.92 Å². The van der Waals surface area contributed by atoms with Gasteiger partial charge in [0.05, 0.1) is 12.4 Å². The van der Waals surface area contributed by atoms with E-state index in [0.717, 1.165) is 19.0 Å². The fraction of sp³-hybridized carbons (Fsp3) is 0.583. The number of carbonyl (C=O) groups is 1. The molecule has 1 aromatic rings. The number of carboxylic acids is 1. The number of nitrogens with zero attached hydrogens (tertiary/aromatic N) is 3. The molecular weight excluding hydrogens is 218 g/mol. The third kappa shape index (κ3) is 2.72. The van der Waals surface area contributed by atoms with Crippen LogP contribution in [0.2, 0.25) is 0 Å². The molecule has 1 N–H and O–H groups in total. The van der Waals surface area contributed by atoms with Crippen molar-refractivity contribution in [3.8, 4) is 0 Å². The quantitative estimate of drug-likeness (QED) is 0.843. The minimum Gasteiger partial charge on any atom is -0.476 e. The Balaban J connectivity index is 2.11. The largest absolute Gasteiger partial charge is 0.476 e. The second-order valence-electron chi connectivity index (χ2n) is 4.40. The summed E-state index contributed by atoms with van der Waals surface area (Å²) in [6.07, 6.45) is 6.76. The molecule has 1 aliphatic carbocycles. The van der Waals surface area contributed by atoms with Crippen molar-refractivity contribution < 1.29 is 9.90 Å². The number of anilines is 1. The Morgan fingerprint density at radius 3 is 2.82 bits per heavy atom. The Bertz CT molecular complexity index is 404. The Labute approximate surface area is 100 Å². The first kappa shape index (κ1) is 11.8. The summed E-state index contributed by atoms with van der Waals surface area (Å²) in [5.74, 6) is 0.364. The molecule has 0 radical (unpaired) electrons. The molecule has 1 aliphatic rings. The van der Waals surface area contributed by atoms with E-state index in [9.17, 15) is 4.79 Å². The Morgan fingerprint density at radius 2 is 2.29 bits per heavy atom. The predicted molar refractivity (Wildman–Crippen MR) is 64.2 cm³/mol. The fourth-order valence-corrected chi connectivity index (χ4v) is 1.98. The zero-order valence-corrected chi connectivity index (χ0v) is 9.96. The third-order valence-electron chi connectivity index (χ3n) is 3.25. The van der Waals surface area contributed by atoms with Crippen molar-refractivity contribution in [3.63, 3.8) is 0 Å². The van der Waals surface area contributed by atoms with Crippen LogP contribution in [-0.2, 0) is 0 Å². The topological polar surface area (TPSA) is 66.3 Å². The standard InChI is InChI=1S/C12H17N3O2/c1-2-15(8-9-4-3-5-9)11-7-13-6-10(14-11)12(16)17/h6-7,9H,2-5,8H2,1H3,(H,16,17). The zero-order chi connectivity index (χ0) is 12.3. The molecule has 5 heteroatoms. The van der Waals surface area contributed by atoms with Crippen LogP contribution in [0.15, 0.2) is 12.4 Å². The summed E-state index contributed by atoms with van der Waals surface area (Å²) in [6.45, 7) is 3.83. The molecule has 17 heavy (non-hydrogen) atoms. The van der Waals surface area contributed by atoms with Gasteiger partial charge in [0.25, 0.3) is 0 Å². The van der Waals surface area contributed by atoms with Crippen molar-refractivity contribution in [1.82, 2.24) is 9.97 Å². The first-order valence-corrected chi connectivity index (χ1v) is 6.01. The normalized spacial score (nSPS) is 15.4. The molecule has 0 unspecified atom stereocenters. The second-order valence-corrected chi connectivity index (χ2v) is 4.40. The van der Waals surface area contributed by atoms with Crippen molar-refractivity contribution >= 4 is 11.8 Å². The number of aromatic nitrogens is 2. The summed E-state index contributed by atoms with van der Waals surface area (Å²) in [7, 11) is 0. The lowest BCUT2D eigenvalue weighted by atomic mass is 9.85. The lowest BCUT2D eigenvalue weighted by Crippen LogP contribution is -2.33. The van der Waals surface area contributed by atoms with Gasteiger partial charge >= 0.3 is 5.97 Å². The van der Waals surface area contributed by atoms with Gasteiger partial charge in [-0.1, -0.05) is 6.42 Å². The van der Waals surface area contributed by atoms with Crippen LogP contribution < -0.4 is 4.90 Å². The highest BCUT2D eigenvalue weighted by molar-refractivity contribution is 5.85. The Kier molecular flexibility index (Phi) is 3.56. The van der Waals surface area contributed by atoms with Gasteiger partial charge in [0.15, 0.2) is 5.69 Å². The minimum atomic E-state index is -1.03. The van der Waals surface area contributed by atoms with E-state index in [2.05, 4.69) is 14.9 Å². The van der Waals surface area contributed by atoms with E-state index in [4.69, 9.17) is 5.11 Å². The molecule has 0 saturated heterocycles. The maximum atomic E-state index is 10.8. The highest BCUT2D eigenvalue weighted by atomic mass is 16.4. The Hall–Kier alpha value is -1.65. The van der Waals surface area contributed by atoms with Crippen LogP contribution in [0.3, 0.4) is 0 Å². The van der Waals surface area contributed by atoms with E-state index in [0.29, 0.717) is 5.82 Å². The van der Waals surface area contributed by atoms with Gasteiger partial charge in [-0.3, -0.25) is 4.98 Å². The number of carboxylic acid groups (broad SMARTS) is 1. The minimum absolute atomic E-state index is 0.00885. The monoisotopic (exact) mass is 235 g/mol. The highest BCUT2D eigenvalue weighted by Crippen LogP contribution is 2.28. The van der Waals surface area contributed by atoms with Crippen molar-refractivity contribution in [1.29, 1.82) is 0 Å². The first-order chi connectivity index (χ1) is 8.20. The van der Waals surface area contributed by atoms with E-state index in [-0.39, 0.29) is 5.69 Å². The average molecular weight is 235 g/mol. The van der Waals surface area contributed by atoms with Crippen LogP contribution in [0.25, 0.3) is 0 Å². The fourth-order valence-electron chi connectivity index (χ4n) is 1.98. The smallest absolute Gasteiger partial charge is 0.356 e. The van der Waals surface area contributed by atoms with Crippen LogP contribution in [0.4, 0.5) is 5.82 Å². The van der Waals surface area contributed by atoms with Gasteiger partial charge in [-0.15, -0.1) is 0 Å². The summed E-state index contributed by atoms with van der Waals surface area (Å²) in [4.78, 5) is 21.0. The molecule has 2 rings (SSSR count). The van der Waals surface area contributed by atoms with E-state index in [1.165, 1.54) is 25.5 Å². The zero-order valence-electron chi connectivity index (χ0n) is 9.96. The van der Waals surface area contributed by atoms with Gasteiger partial charge in [0.1, 0.15) is 5.82 Å². The van der Waals surface area contributed by atoms with Crippen LogP contribution >= 0.6 is 0 Å². The summed E-state index contributed by atoms with van der Waals surface area (Å²) >= 11 is 0. The molecule has 0 atom stereocenters. The van der Waals surface area contributed by atoms with E-state index in [1.54, 1.807) is 6.20 Å². The van der Waals surface area contributed by atoms with Crippen molar-refractivity contribution in [2.24, 2.45) is 5.92 Å². The maximum absolute atomic E-state index is 10.8. The molecule has 0 aliphatic heterocycles. The maximum Gasteiger partial charge on any atom is 0.356 e. The number of aromatic carboxylic acids is 1. The van der Waals surface area contributed by atoms with Crippen LogP contribution in [0.5, 0.6) is 0 Å². The average Bonchev–Trinajstić information content (AvgIpc) is 2.28. The molecule has 1 heterocycles. The molecule has 1 saturated carbocycles. The molecule has 1 aromatic heterocycles. The molecular formula is C12H17N3O2. The number of hydrogen-bond donors (Lipinski definition) is 1. The molecule has 0 spiro atoms. The summed E-state index contributed by atoms with van der Waals surface area (Å²) in [6, 6.07) is 0. The molecule has 0 bridgehead atoms. The predicted octanol–water partition coefficient (Wildman–Crippen LogP) is 1.80.